The van der Waals surface area contributed by atoms with Crippen molar-refractivity contribution >= 4 is 10.1 Å². The van der Waals surface area contributed by atoms with E-state index in [1.54, 1.807) is 0 Å². The standard InChI is InChI=1S/C8H18.C4H10O3S/c1-3-5-7-8-6-4-2;1-2-3-4-8(5,6)7/h3-8H2,1-2H3;2-4H2,1H3,(H,5,6,7). The topological polar surface area (TPSA) is 54.4 Å². The Kier molecular flexibility index (Phi) is 14.8. The van der Waals surface area contributed by atoms with Crippen LogP contribution in [0.5, 0.6) is 0 Å². The van der Waals surface area contributed by atoms with Crippen molar-refractivity contribution in [3.8, 4) is 0 Å². The molecule has 1 N–H and O–H groups in total. The molecule has 0 aromatic heterocycles. The van der Waals surface area contributed by atoms with Crippen LogP contribution in [-0.2, 0) is 10.1 Å². The zero-order chi connectivity index (χ0) is 12.9. The number of unbranched alkanes of at least 4 members (excludes halogenated alkanes) is 6. The van der Waals surface area contributed by atoms with Gasteiger partial charge in [-0.1, -0.05) is 65.7 Å². The van der Waals surface area contributed by atoms with Gasteiger partial charge in [0, 0.05) is 0 Å². The summed E-state index contributed by atoms with van der Waals surface area (Å²) in [6.45, 7) is 6.38. The molecule has 0 saturated carbocycles. The molecule has 3 nitrogen and oxygen atoms in total. The molecule has 0 fully saturated rings. The summed E-state index contributed by atoms with van der Waals surface area (Å²) < 4.78 is 28.0. The highest BCUT2D eigenvalue weighted by Crippen LogP contribution is 2.03. The van der Waals surface area contributed by atoms with E-state index in [0.717, 1.165) is 6.42 Å². The van der Waals surface area contributed by atoms with E-state index in [0.29, 0.717) is 6.42 Å². The Morgan fingerprint density at radius 1 is 0.750 bits per heavy atom. The number of rotatable bonds is 8. The fourth-order valence-corrected chi connectivity index (χ4v) is 1.83. The van der Waals surface area contributed by atoms with Crippen molar-refractivity contribution in [1.82, 2.24) is 0 Å². The van der Waals surface area contributed by atoms with Crippen molar-refractivity contribution in [2.75, 3.05) is 5.75 Å². The summed E-state index contributed by atoms with van der Waals surface area (Å²) >= 11 is 0. The van der Waals surface area contributed by atoms with E-state index in [4.69, 9.17) is 4.55 Å². The maximum absolute atomic E-state index is 9.95. The summed E-state index contributed by atoms with van der Waals surface area (Å²) in [5.74, 6) is -0.108. The highest BCUT2D eigenvalue weighted by Gasteiger charge is 2.00. The normalized spacial score (nSPS) is 10.8. The second-order valence-corrected chi connectivity index (χ2v) is 5.63. The summed E-state index contributed by atoms with van der Waals surface area (Å²) in [5, 5.41) is 0. The Labute approximate surface area is 101 Å². The predicted octanol–water partition coefficient (Wildman–Crippen LogP) is 4.04. The van der Waals surface area contributed by atoms with E-state index < -0.39 is 10.1 Å². The number of hydrogen-bond donors (Lipinski definition) is 1. The summed E-state index contributed by atoms with van der Waals surface area (Å²) in [6.07, 6.45) is 9.82. The highest BCUT2D eigenvalue weighted by atomic mass is 32.2. The van der Waals surface area contributed by atoms with Gasteiger partial charge in [0.1, 0.15) is 0 Å². The third kappa shape index (κ3) is 23.6. The van der Waals surface area contributed by atoms with Crippen molar-refractivity contribution in [3.63, 3.8) is 0 Å². The number of hydrogen-bond acceptors (Lipinski definition) is 2. The largest absolute Gasteiger partial charge is 0.286 e. The molecule has 0 saturated heterocycles. The minimum Gasteiger partial charge on any atom is -0.286 e. The van der Waals surface area contributed by atoms with Gasteiger partial charge in [-0.2, -0.15) is 8.42 Å². The van der Waals surface area contributed by atoms with Crippen molar-refractivity contribution in [2.45, 2.75) is 72.1 Å². The Hall–Kier alpha value is -0.0900. The molecule has 0 bridgehead atoms. The van der Waals surface area contributed by atoms with Crippen LogP contribution in [0.3, 0.4) is 0 Å². The molecule has 0 aliphatic rings. The second-order valence-electron chi connectivity index (χ2n) is 4.05. The van der Waals surface area contributed by atoms with Gasteiger partial charge in [-0.05, 0) is 6.42 Å². The molecule has 0 heterocycles. The molecule has 0 rings (SSSR count). The molecule has 0 amide bonds. The van der Waals surface area contributed by atoms with E-state index in [-0.39, 0.29) is 5.75 Å². The molecule has 0 spiro atoms. The summed E-state index contributed by atoms with van der Waals surface area (Å²) in [4.78, 5) is 0. The molecule has 0 aliphatic heterocycles. The lowest BCUT2D eigenvalue weighted by Crippen LogP contribution is -2.02. The van der Waals surface area contributed by atoms with Crippen LogP contribution in [0, 0.1) is 0 Å². The lowest BCUT2D eigenvalue weighted by molar-refractivity contribution is 0.480. The summed E-state index contributed by atoms with van der Waals surface area (Å²) in [6, 6.07) is 0. The van der Waals surface area contributed by atoms with Crippen LogP contribution in [0.1, 0.15) is 72.1 Å². The fraction of sp³-hybridized carbons (Fsp3) is 1.00. The minimum atomic E-state index is -3.69. The maximum Gasteiger partial charge on any atom is 0.264 e. The molecule has 0 unspecified atom stereocenters. The smallest absolute Gasteiger partial charge is 0.264 e. The first-order valence-corrected chi connectivity index (χ1v) is 8.04. The predicted molar refractivity (Wildman–Crippen MR) is 70.4 cm³/mol. The minimum absolute atomic E-state index is 0.108. The zero-order valence-electron chi connectivity index (χ0n) is 11.0. The van der Waals surface area contributed by atoms with Crippen LogP contribution in [-0.4, -0.2) is 18.7 Å². The van der Waals surface area contributed by atoms with Gasteiger partial charge >= 0.3 is 0 Å². The van der Waals surface area contributed by atoms with Crippen LogP contribution in [0.2, 0.25) is 0 Å². The fourth-order valence-electron chi connectivity index (χ4n) is 1.18. The van der Waals surface area contributed by atoms with Gasteiger partial charge in [-0.15, -0.1) is 0 Å². The lowest BCUT2D eigenvalue weighted by Gasteiger charge is -1.93. The molecule has 0 radical (unpaired) electrons. The van der Waals surface area contributed by atoms with E-state index in [1.807, 2.05) is 6.92 Å². The molecule has 0 aliphatic carbocycles. The van der Waals surface area contributed by atoms with E-state index in [9.17, 15) is 8.42 Å². The molecule has 4 heteroatoms. The van der Waals surface area contributed by atoms with Crippen LogP contribution < -0.4 is 0 Å². The van der Waals surface area contributed by atoms with Crippen LogP contribution in [0.4, 0.5) is 0 Å². The van der Waals surface area contributed by atoms with Gasteiger partial charge in [0.25, 0.3) is 10.1 Å². The van der Waals surface area contributed by atoms with E-state index >= 15 is 0 Å². The van der Waals surface area contributed by atoms with Crippen molar-refractivity contribution < 1.29 is 13.0 Å². The van der Waals surface area contributed by atoms with Crippen LogP contribution >= 0.6 is 0 Å². The second kappa shape index (κ2) is 13.0. The van der Waals surface area contributed by atoms with Gasteiger partial charge in [-0.25, -0.2) is 0 Å². The monoisotopic (exact) mass is 252 g/mol. The average Bonchev–Trinajstić information content (AvgIpc) is 2.22. The third-order valence-corrected chi connectivity index (χ3v) is 3.02. The first kappa shape index (κ1) is 18.3. The highest BCUT2D eigenvalue weighted by molar-refractivity contribution is 7.85. The molecule has 0 atom stereocenters. The van der Waals surface area contributed by atoms with Crippen molar-refractivity contribution in [2.24, 2.45) is 0 Å². The summed E-state index contributed by atoms with van der Waals surface area (Å²) in [7, 11) is -3.69. The first-order chi connectivity index (χ1) is 7.47. The maximum atomic E-state index is 9.95. The van der Waals surface area contributed by atoms with E-state index in [1.165, 1.54) is 38.5 Å². The van der Waals surface area contributed by atoms with Crippen LogP contribution in [0.25, 0.3) is 0 Å². The van der Waals surface area contributed by atoms with Gasteiger partial charge in [0.05, 0.1) is 5.75 Å². The molecular weight excluding hydrogens is 224 g/mol. The molecule has 0 aromatic rings. The SMILES string of the molecule is CCCCCCCC.CCCCS(=O)(=O)O. The zero-order valence-corrected chi connectivity index (χ0v) is 11.9. The van der Waals surface area contributed by atoms with Crippen molar-refractivity contribution in [1.29, 1.82) is 0 Å². The Balaban J connectivity index is 0. The first-order valence-electron chi connectivity index (χ1n) is 6.43. The Morgan fingerprint density at radius 3 is 1.31 bits per heavy atom. The van der Waals surface area contributed by atoms with Crippen molar-refractivity contribution in [3.05, 3.63) is 0 Å². The molecule has 100 valence electrons. The van der Waals surface area contributed by atoms with Gasteiger partial charge in [0.2, 0.25) is 0 Å². The lowest BCUT2D eigenvalue weighted by atomic mass is 10.1. The van der Waals surface area contributed by atoms with Gasteiger partial charge in [-0.3, -0.25) is 4.55 Å². The van der Waals surface area contributed by atoms with Gasteiger partial charge < -0.3 is 0 Å². The Bertz CT molecular complexity index is 204. The molecular formula is C12H28O3S. The van der Waals surface area contributed by atoms with Gasteiger partial charge in [0.15, 0.2) is 0 Å². The third-order valence-electron chi connectivity index (χ3n) is 2.21. The van der Waals surface area contributed by atoms with E-state index in [2.05, 4.69) is 13.8 Å². The average molecular weight is 252 g/mol. The quantitative estimate of drug-likeness (QED) is 0.524. The Morgan fingerprint density at radius 2 is 1.12 bits per heavy atom. The summed E-state index contributed by atoms with van der Waals surface area (Å²) in [5.41, 5.74) is 0. The molecule has 0 aromatic carbocycles. The van der Waals surface area contributed by atoms with Crippen LogP contribution in [0.15, 0.2) is 0 Å². The molecule has 16 heavy (non-hydrogen) atoms.